The van der Waals surface area contributed by atoms with Crippen LogP contribution in [0.5, 0.6) is 0 Å². The van der Waals surface area contributed by atoms with Crippen molar-refractivity contribution in [1.82, 2.24) is 24.9 Å². The van der Waals surface area contributed by atoms with E-state index >= 15 is 0 Å². The summed E-state index contributed by atoms with van der Waals surface area (Å²) in [7, 11) is 3.47. The van der Waals surface area contributed by atoms with Crippen molar-refractivity contribution in [3.63, 3.8) is 0 Å². The van der Waals surface area contributed by atoms with Crippen LogP contribution in [0.3, 0.4) is 0 Å². The van der Waals surface area contributed by atoms with E-state index in [4.69, 9.17) is 4.42 Å². The highest BCUT2D eigenvalue weighted by Crippen LogP contribution is 2.27. The molecule has 0 aromatic carbocycles. The molecule has 1 aromatic rings. The van der Waals surface area contributed by atoms with Crippen LogP contribution in [0.25, 0.3) is 0 Å². The summed E-state index contributed by atoms with van der Waals surface area (Å²) < 4.78 is 5.40. The van der Waals surface area contributed by atoms with Crippen LogP contribution in [-0.2, 0) is 25.7 Å². The number of likely N-dealkylation sites (tertiary alicyclic amines) is 2. The van der Waals surface area contributed by atoms with Gasteiger partial charge in [0.25, 0.3) is 0 Å². The number of nitrogens with zero attached hydrogens (tertiary/aromatic N) is 4. The number of hydrogen-bond acceptors (Lipinski definition) is 6. The normalized spacial score (nSPS) is 21.2. The topological polar surface area (TPSA) is 106 Å². The molecule has 3 unspecified atom stereocenters. The Hall–Kier alpha value is -3.14. The number of carbonyl (C=O) groups is 4. The molecule has 2 fully saturated rings. The number of likely N-dealkylation sites (N-methyl/N-ethyl adjacent to an activating group) is 2. The lowest BCUT2D eigenvalue weighted by molar-refractivity contribution is -0.142. The highest BCUT2D eigenvalue weighted by Gasteiger charge is 2.41. The molecule has 2 saturated heterocycles. The van der Waals surface area contributed by atoms with Crippen molar-refractivity contribution in [2.45, 2.75) is 124 Å². The predicted molar refractivity (Wildman–Crippen MR) is 176 cm³/mol. The van der Waals surface area contributed by atoms with Crippen LogP contribution < -0.4 is 5.32 Å². The second-order valence-electron chi connectivity index (χ2n) is 14.6. The average molecular weight is 628 g/mol. The van der Waals surface area contributed by atoms with Crippen LogP contribution in [0.2, 0.25) is 0 Å². The van der Waals surface area contributed by atoms with Crippen molar-refractivity contribution in [2.75, 3.05) is 27.2 Å². The first-order valence-corrected chi connectivity index (χ1v) is 16.6. The molecule has 4 amide bonds. The van der Waals surface area contributed by atoms with Gasteiger partial charge in [0.15, 0.2) is 0 Å². The second-order valence-corrected chi connectivity index (χ2v) is 14.6. The van der Waals surface area contributed by atoms with Crippen molar-refractivity contribution < 1.29 is 23.6 Å². The molecule has 2 aliphatic heterocycles. The van der Waals surface area contributed by atoms with E-state index in [1.54, 1.807) is 48.0 Å². The van der Waals surface area contributed by atoms with E-state index in [1.165, 1.54) is 0 Å². The lowest BCUT2D eigenvalue weighted by atomic mass is 9.84. The van der Waals surface area contributed by atoms with Gasteiger partial charge in [0.1, 0.15) is 17.8 Å². The molecule has 4 atom stereocenters. The summed E-state index contributed by atoms with van der Waals surface area (Å²) in [6.45, 7) is 17.6. The van der Waals surface area contributed by atoms with Crippen molar-refractivity contribution >= 4 is 23.6 Å². The number of nitrogens with one attached hydrogen (secondary N) is 1. The standard InChI is InChI=1S/C35H57N5O5/c1-23(2)29(21-25(5)32(42)40-19-13-17-28(40)33(43)37(9)22-26-15-14-20-45-26)38(10)34(44)30(35(6,7)8)36-31(41)27-16-11-12-18-39(27)24(3)4/h14-15,20-21,23-24,27-30H,11-13,16-19,22H2,1-10H3,(H,36,41)/b25-21+/t27?,28-,29?,30?/m0/s1. The molecule has 0 saturated carbocycles. The maximum absolute atomic E-state index is 14.1. The monoisotopic (exact) mass is 627 g/mol. The van der Waals surface area contributed by atoms with Crippen molar-refractivity contribution in [2.24, 2.45) is 11.3 Å². The fourth-order valence-electron chi connectivity index (χ4n) is 6.63. The lowest BCUT2D eigenvalue weighted by Gasteiger charge is -2.41. The molecule has 2 aliphatic rings. The number of carbonyl (C=O) groups excluding carboxylic acids is 4. The molecule has 45 heavy (non-hydrogen) atoms. The van der Waals surface area contributed by atoms with Crippen LogP contribution in [0.15, 0.2) is 34.5 Å². The molecule has 0 aliphatic carbocycles. The van der Waals surface area contributed by atoms with Gasteiger partial charge in [-0.25, -0.2) is 0 Å². The highest BCUT2D eigenvalue weighted by molar-refractivity contribution is 5.97. The fourth-order valence-corrected chi connectivity index (χ4v) is 6.63. The Bertz CT molecular complexity index is 1200. The summed E-state index contributed by atoms with van der Waals surface area (Å²) in [6, 6.07) is 1.94. The van der Waals surface area contributed by atoms with Gasteiger partial charge in [-0.05, 0) is 76.5 Å². The van der Waals surface area contributed by atoms with Gasteiger partial charge in [-0.2, -0.15) is 0 Å². The number of rotatable bonds is 11. The third-order valence-electron chi connectivity index (χ3n) is 9.29. The first-order valence-electron chi connectivity index (χ1n) is 16.6. The highest BCUT2D eigenvalue weighted by atomic mass is 16.3. The van der Waals surface area contributed by atoms with Crippen LogP contribution in [-0.4, -0.2) is 101 Å². The van der Waals surface area contributed by atoms with E-state index < -0.39 is 17.5 Å². The first-order chi connectivity index (χ1) is 21.0. The van der Waals surface area contributed by atoms with Gasteiger partial charge in [0.05, 0.1) is 24.9 Å². The van der Waals surface area contributed by atoms with Crippen LogP contribution in [0, 0.1) is 11.3 Å². The Balaban J connectivity index is 1.77. The van der Waals surface area contributed by atoms with Crippen LogP contribution in [0.1, 0.15) is 93.3 Å². The SMILES string of the molecule is C/C(=C\C(C(C)C)N(C)C(=O)C(NC(=O)C1CCCCN1C(C)C)C(C)(C)C)C(=O)N1CCC[C@H]1C(=O)N(C)Cc1ccco1. The van der Waals surface area contributed by atoms with Gasteiger partial charge in [-0.15, -0.1) is 0 Å². The zero-order chi connectivity index (χ0) is 33.6. The summed E-state index contributed by atoms with van der Waals surface area (Å²) in [6.07, 6.45) is 7.62. The Morgan fingerprint density at radius 2 is 1.69 bits per heavy atom. The molecule has 252 valence electrons. The van der Waals surface area contributed by atoms with E-state index in [1.807, 2.05) is 46.8 Å². The molecule has 3 rings (SSSR count). The number of amides is 4. The Morgan fingerprint density at radius 3 is 2.27 bits per heavy atom. The Morgan fingerprint density at radius 1 is 1.02 bits per heavy atom. The average Bonchev–Trinajstić information content (AvgIpc) is 3.68. The van der Waals surface area contributed by atoms with Gasteiger partial charge in [-0.1, -0.05) is 47.1 Å². The second kappa shape index (κ2) is 15.4. The molecule has 0 radical (unpaired) electrons. The lowest BCUT2D eigenvalue weighted by Crippen LogP contribution is -2.60. The van der Waals surface area contributed by atoms with Crippen molar-refractivity contribution in [3.8, 4) is 0 Å². The van der Waals surface area contributed by atoms with Crippen LogP contribution in [0.4, 0.5) is 0 Å². The molecule has 0 spiro atoms. The van der Waals surface area contributed by atoms with Gasteiger partial charge < -0.3 is 24.4 Å². The minimum Gasteiger partial charge on any atom is -0.467 e. The Kier molecular flexibility index (Phi) is 12.5. The zero-order valence-corrected chi connectivity index (χ0v) is 29.3. The zero-order valence-electron chi connectivity index (χ0n) is 29.3. The van der Waals surface area contributed by atoms with Crippen molar-refractivity contribution in [3.05, 3.63) is 35.8 Å². The number of piperidine rings is 1. The predicted octanol–water partition coefficient (Wildman–Crippen LogP) is 4.45. The summed E-state index contributed by atoms with van der Waals surface area (Å²) in [4.78, 5) is 62.0. The smallest absolute Gasteiger partial charge is 0.249 e. The molecular weight excluding hydrogens is 570 g/mol. The summed E-state index contributed by atoms with van der Waals surface area (Å²) in [5, 5.41) is 3.13. The first kappa shape index (κ1) is 36.3. The summed E-state index contributed by atoms with van der Waals surface area (Å²) >= 11 is 0. The van der Waals surface area contributed by atoms with Gasteiger partial charge in [0, 0.05) is 32.3 Å². The van der Waals surface area contributed by atoms with Crippen molar-refractivity contribution in [1.29, 1.82) is 0 Å². The minimum atomic E-state index is -0.734. The Labute approximate surface area is 270 Å². The molecule has 3 heterocycles. The number of furan rings is 1. The fraction of sp³-hybridized carbons (Fsp3) is 0.714. The molecular formula is C35H57N5O5. The molecule has 0 bridgehead atoms. The van der Waals surface area contributed by atoms with Crippen LogP contribution >= 0.6 is 0 Å². The maximum Gasteiger partial charge on any atom is 0.249 e. The van der Waals surface area contributed by atoms with E-state index in [-0.39, 0.29) is 47.7 Å². The molecule has 10 heteroatoms. The minimum absolute atomic E-state index is 0.00299. The third-order valence-corrected chi connectivity index (χ3v) is 9.29. The summed E-state index contributed by atoms with van der Waals surface area (Å²) in [5.74, 6) is 0.0850. The molecule has 1 N–H and O–H groups in total. The van der Waals surface area contributed by atoms with E-state index in [0.717, 1.165) is 32.2 Å². The molecule has 1 aromatic heterocycles. The van der Waals surface area contributed by atoms with E-state index in [9.17, 15) is 19.2 Å². The van der Waals surface area contributed by atoms with E-state index in [2.05, 4.69) is 24.1 Å². The molecule has 10 nitrogen and oxygen atoms in total. The van der Waals surface area contributed by atoms with E-state index in [0.29, 0.717) is 30.8 Å². The van der Waals surface area contributed by atoms with Gasteiger partial charge >= 0.3 is 0 Å². The third kappa shape index (κ3) is 8.99. The maximum atomic E-state index is 14.1. The largest absolute Gasteiger partial charge is 0.467 e. The quantitative estimate of drug-likeness (QED) is 0.364. The summed E-state index contributed by atoms with van der Waals surface area (Å²) in [5.41, 5.74) is -0.0351. The van der Waals surface area contributed by atoms with Gasteiger partial charge in [0.2, 0.25) is 23.6 Å². The number of hydrogen-bond donors (Lipinski definition) is 1. The van der Waals surface area contributed by atoms with Gasteiger partial charge in [-0.3, -0.25) is 24.1 Å².